The highest BCUT2D eigenvalue weighted by molar-refractivity contribution is 6.03. The molecule has 0 radical (unpaired) electrons. The first kappa shape index (κ1) is 31.1. The number of carbonyl (C=O) groups excluding carboxylic acids is 2. The summed E-state index contributed by atoms with van der Waals surface area (Å²) in [5.74, 6) is -0.430. The van der Waals surface area contributed by atoms with Gasteiger partial charge in [0, 0.05) is 19.4 Å². The van der Waals surface area contributed by atoms with Crippen LogP contribution in [0.25, 0.3) is 0 Å². The molecule has 1 fully saturated rings. The Hall–Kier alpha value is -3.14. The number of nitrogens with zero attached hydrogens (tertiary/aromatic N) is 1. The first-order chi connectivity index (χ1) is 17.3. The molecule has 38 heavy (non-hydrogen) atoms. The maximum absolute atomic E-state index is 13.6. The molecule has 1 atom stereocenters. The summed E-state index contributed by atoms with van der Waals surface area (Å²) in [6.45, 7) is 0.208. The van der Waals surface area contributed by atoms with Crippen molar-refractivity contribution < 1.29 is 19.5 Å². The number of hydrogen-bond donors (Lipinski definition) is 5. The smallest absolute Gasteiger partial charge is 0.417 e. The monoisotopic (exact) mass is 563 g/mol. The number of nitrogens with two attached hydrogens (primary N) is 1. The quantitative estimate of drug-likeness (QED) is 0.244. The van der Waals surface area contributed by atoms with Gasteiger partial charge in [-0.15, -0.1) is 24.8 Å². The van der Waals surface area contributed by atoms with Crippen molar-refractivity contribution in [2.45, 2.75) is 63.1 Å². The number of benzene rings is 2. The lowest BCUT2D eigenvalue weighted by atomic mass is 9.83. The van der Waals surface area contributed by atoms with Crippen LogP contribution in [0, 0.1) is 11.3 Å². The van der Waals surface area contributed by atoms with Crippen LogP contribution in [0.15, 0.2) is 48.5 Å². The van der Waals surface area contributed by atoms with E-state index in [9.17, 15) is 14.4 Å². The number of rotatable bonds is 8. The van der Waals surface area contributed by atoms with Gasteiger partial charge in [0.05, 0.1) is 18.1 Å². The zero-order chi connectivity index (χ0) is 25.7. The fourth-order valence-corrected chi connectivity index (χ4v) is 5.31. The van der Waals surface area contributed by atoms with Crippen molar-refractivity contribution in [3.8, 4) is 0 Å². The highest BCUT2D eigenvalue weighted by Crippen LogP contribution is 2.32. The summed E-state index contributed by atoms with van der Waals surface area (Å²) in [7, 11) is 0. The number of anilines is 1. The van der Waals surface area contributed by atoms with Gasteiger partial charge in [0.2, 0.25) is 11.8 Å². The third kappa shape index (κ3) is 6.83. The molecule has 3 amide bonds. The molecule has 0 bridgehead atoms. The molecule has 0 aromatic heterocycles. The van der Waals surface area contributed by atoms with E-state index in [2.05, 4.69) is 10.6 Å². The van der Waals surface area contributed by atoms with Gasteiger partial charge >= 0.3 is 6.09 Å². The van der Waals surface area contributed by atoms with Crippen LogP contribution in [0.1, 0.15) is 48.8 Å². The van der Waals surface area contributed by atoms with Gasteiger partial charge in [-0.3, -0.25) is 15.0 Å². The summed E-state index contributed by atoms with van der Waals surface area (Å²) in [4.78, 5) is 38.8. The van der Waals surface area contributed by atoms with E-state index in [1.165, 1.54) is 6.42 Å². The maximum Gasteiger partial charge on any atom is 0.417 e. The van der Waals surface area contributed by atoms with E-state index in [1.54, 1.807) is 24.3 Å². The van der Waals surface area contributed by atoms with Crippen molar-refractivity contribution in [2.75, 3.05) is 4.90 Å². The predicted molar refractivity (Wildman–Crippen MR) is 151 cm³/mol. The van der Waals surface area contributed by atoms with Crippen LogP contribution < -0.4 is 21.3 Å². The van der Waals surface area contributed by atoms with Gasteiger partial charge in [-0.2, -0.15) is 0 Å². The number of nitrogens with one attached hydrogen (secondary N) is 3. The van der Waals surface area contributed by atoms with Crippen molar-refractivity contribution in [1.82, 2.24) is 10.6 Å². The van der Waals surface area contributed by atoms with E-state index in [0.29, 0.717) is 18.5 Å². The van der Waals surface area contributed by atoms with Crippen LogP contribution in [0.3, 0.4) is 0 Å². The second kappa shape index (κ2) is 13.6. The molecule has 2 aromatic rings. The summed E-state index contributed by atoms with van der Waals surface area (Å²) in [5, 5.41) is 22.4. The Labute approximate surface area is 234 Å². The highest BCUT2D eigenvalue weighted by atomic mass is 35.5. The minimum Gasteiger partial charge on any atom is -0.464 e. The van der Waals surface area contributed by atoms with Crippen molar-refractivity contribution in [1.29, 1.82) is 5.41 Å². The average molecular weight is 565 g/mol. The number of hydrogen-bond acceptors (Lipinski definition) is 5. The van der Waals surface area contributed by atoms with Gasteiger partial charge in [-0.1, -0.05) is 55.7 Å². The molecule has 0 spiro atoms. The van der Waals surface area contributed by atoms with Gasteiger partial charge in [-0.25, -0.2) is 9.69 Å². The molecule has 2 aromatic carbocycles. The third-order valence-corrected chi connectivity index (χ3v) is 7.36. The van der Waals surface area contributed by atoms with E-state index in [4.69, 9.17) is 16.2 Å². The van der Waals surface area contributed by atoms with Crippen LogP contribution in [0.2, 0.25) is 0 Å². The van der Waals surface area contributed by atoms with Gasteiger partial charge in [0.25, 0.3) is 0 Å². The molecule has 0 unspecified atom stereocenters. The van der Waals surface area contributed by atoms with Crippen molar-refractivity contribution in [2.24, 2.45) is 11.7 Å². The lowest BCUT2D eigenvalue weighted by Crippen LogP contribution is -2.63. The number of fused-ring (bicyclic) bond motifs is 1. The van der Waals surface area contributed by atoms with E-state index in [1.807, 2.05) is 24.3 Å². The minimum atomic E-state index is -1.25. The first-order valence-electron chi connectivity index (χ1n) is 12.4. The van der Waals surface area contributed by atoms with E-state index >= 15 is 0 Å². The summed E-state index contributed by atoms with van der Waals surface area (Å²) in [6.07, 6.45) is 5.44. The van der Waals surface area contributed by atoms with E-state index in [-0.39, 0.29) is 49.1 Å². The van der Waals surface area contributed by atoms with Crippen molar-refractivity contribution >= 4 is 54.7 Å². The molecular weight excluding hydrogens is 529 g/mol. The topological polar surface area (TPSA) is 149 Å². The van der Waals surface area contributed by atoms with Crippen LogP contribution in [-0.4, -0.2) is 40.9 Å². The number of halogens is 2. The third-order valence-electron chi connectivity index (χ3n) is 7.36. The molecular formula is C27H35Cl2N5O4. The lowest BCUT2D eigenvalue weighted by molar-refractivity contribution is -0.134. The van der Waals surface area contributed by atoms with Gasteiger partial charge in [0.1, 0.15) is 5.54 Å². The summed E-state index contributed by atoms with van der Waals surface area (Å²) >= 11 is 0. The maximum atomic E-state index is 13.6. The molecule has 0 aliphatic heterocycles. The Morgan fingerprint density at radius 2 is 1.61 bits per heavy atom. The highest BCUT2D eigenvalue weighted by Gasteiger charge is 2.46. The Morgan fingerprint density at radius 3 is 2.13 bits per heavy atom. The van der Waals surface area contributed by atoms with Crippen LogP contribution in [0.5, 0.6) is 0 Å². The first-order valence-corrected chi connectivity index (χ1v) is 12.4. The van der Waals surface area contributed by atoms with Gasteiger partial charge < -0.3 is 21.5 Å². The van der Waals surface area contributed by atoms with Crippen LogP contribution in [-0.2, 0) is 29.0 Å². The second-order valence-corrected chi connectivity index (χ2v) is 9.75. The second-order valence-electron chi connectivity index (χ2n) is 9.75. The molecule has 11 heteroatoms. The van der Waals surface area contributed by atoms with E-state index < -0.39 is 17.7 Å². The average Bonchev–Trinajstić information content (AvgIpc) is 3.27. The molecule has 0 saturated heterocycles. The zero-order valence-corrected chi connectivity index (χ0v) is 22.7. The molecule has 9 nitrogen and oxygen atoms in total. The largest absolute Gasteiger partial charge is 0.464 e. The standard InChI is InChI=1S/C27H33N5O4.2ClH/c28-17-32(26(35)36)22-12-10-18(11-13-22)16-30-25(34)27(14-20-8-4-5-9-21(20)15-27)31-24(33)23(29)19-6-2-1-3-7-19;;/h4-5,8-13,17,19,23,28H,1-3,6-7,14-16,29H2,(H,30,34)(H,31,33)(H,35,36);2*1H/t23-;;/m1../s1. The Kier molecular flexibility index (Phi) is 11.1. The minimum absolute atomic E-state index is 0. The summed E-state index contributed by atoms with van der Waals surface area (Å²) in [6, 6.07) is 13.7. The van der Waals surface area contributed by atoms with Crippen LogP contribution in [0.4, 0.5) is 10.5 Å². The lowest BCUT2D eigenvalue weighted by Gasteiger charge is -2.33. The number of carbonyl (C=O) groups is 3. The van der Waals surface area contributed by atoms with Gasteiger partial charge in [0.15, 0.2) is 0 Å². The SMILES string of the molecule is Cl.Cl.N=CN(C(=O)O)c1ccc(CNC(=O)C2(NC(=O)[C@H](N)C3CCCCC3)Cc3ccccc3C2)cc1. The Bertz CT molecular complexity index is 1110. The molecule has 2 aliphatic carbocycles. The molecule has 0 heterocycles. The fourth-order valence-electron chi connectivity index (χ4n) is 5.31. The van der Waals surface area contributed by atoms with Crippen LogP contribution >= 0.6 is 24.8 Å². The summed E-state index contributed by atoms with van der Waals surface area (Å²) < 4.78 is 0. The molecule has 206 valence electrons. The molecule has 4 rings (SSSR count). The fraction of sp³-hybridized carbons (Fsp3) is 0.407. The van der Waals surface area contributed by atoms with Crippen molar-refractivity contribution in [3.05, 3.63) is 65.2 Å². The number of carboxylic acid groups (broad SMARTS) is 1. The zero-order valence-electron chi connectivity index (χ0n) is 21.0. The number of amides is 3. The normalized spacial score (nSPS) is 16.6. The molecule has 2 aliphatic rings. The Balaban J connectivity index is 0.00000253. The molecule has 6 N–H and O–H groups in total. The Morgan fingerprint density at radius 1 is 1.03 bits per heavy atom. The van der Waals surface area contributed by atoms with E-state index in [0.717, 1.165) is 53.6 Å². The van der Waals surface area contributed by atoms with Gasteiger partial charge in [-0.05, 0) is 47.6 Å². The predicted octanol–water partition coefficient (Wildman–Crippen LogP) is 3.80. The van der Waals surface area contributed by atoms with Crippen molar-refractivity contribution in [3.63, 3.8) is 0 Å². The molecule has 1 saturated carbocycles. The summed E-state index contributed by atoms with van der Waals surface area (Å²) in [5.41, 5.74) is 8.41.